The van der Waals surface area contributed by atoms with Gasteiger partial charge in [-0.05, 0) is 49.1 Å². The summed E-state index contributed by atoms with van der Waals surface area (Å²) in [5.74, 6) is -0.0210. The molecule has 0 radical (unpaired) electrons. The molecule has 0 aliphatic heterocycles. The maximum atomic E-state index is 13.6. The molecule has 2 rings (SSSR count). The van der Waals surface area contributed by atoms with E-state index in [-0.39, 0.29) is 29.9 Å². The van der Waals surface area contributed by atoms with Crippen LogP contribution in [0.5, 0.6) is 0 Å². The first-order valence-electron chi connectivity index (χ1n) is 6.28. The Morgan fingerprint density at radius 3 is 2.94 bits per heavy atom. The highest BCUT2D eigenvalue weighted by Gasteiger charge is 2.31. The van der Waals surface area contributed by atoms with Gasteiger partial charge in [-0.2, -0.15) is 0 Å². The fraction of sp³-hybridized carbons (Fsp3) is 0.500. The van der Waals surface area contributed by atoms with Crippen LogP contribution in [0.4, 0.5) is 4.39 Å². The summed E-state index contributed by atoms with van der Waals surface area (Å²) in [5, 5.41) is 0.459. The van der Waals surface area contributed by atoms with Crippen molar-refractivity contribution in [3.05, 3.63) is 34.6 Å². The van der Waals surface area contributed by atoms with Crippen molar-refractivity contribution in [2.45, 2.75) is 25.7 Å². The molecule has 1 aliphatic rings. The number of nitrogens with two attached hydrogens (primary N) is 1. The van der Waals surface area contributed by atoms with Gasteiger partial charge in [0, 0.05) is 17.4 Å². The van der Waals surface area contributed by atoms with Crippen LogP contribution in [0.3, 0.4) is 0 Å². The topological polar surface area (TPSA) is 43.1 Å². The molecule has 98 valence electrons. The number of rotatable bonds is 4. The summed E-state index contributed by atoms with van der Waals surface area (Å²) < 4.78 is 13.6. The second kappa shape index (κ2) is 5.81. The highest BCUT2D eigenvalue weighted by Crippen LogP contribution is 2.32. The van der Waals surface area contributed by atoms with Gasteiger partial charge in [0.25, 0.3) is 0 Å². The minimum absolute atomic E-state index is 0.00613. The Bertz CT molecular complexity index is 449. The number of hydrogen-bond acceptors (Lipinski definition) is 2. The number of ketones is 1. The second-order valence-corrected chi connectivity index (χ2v) is 5.35. The molecule has 2 N–H and O–H groups in total. The van der Waals surface area contributed by atoms with Crippen molar-refractivity contribution < 1.29 is 9.18 Å². The Balaban J connectivity index is 2.09. The Hall–Kier alpha value is -0.930. The van der Waals surface area contributed by atoms with E-state index in [0.717, 1.165) is 19.3 Å². The minimum Gasteiger partial charge on any atom is -0.330 e. The Kier molecular flexibility index (Phi) is 4.36. The first kappa shape index (κ1) is 13.5. The molecule has 0 saturated heterocycles. The lowest BCUT2D eigenvalue weighted by atomic mass is 9.89. The summed E-state index contributed by atoms with van der Waals surface area (Å²) in [6.07, 6.45) is 3.04. The predicted octanol–water partition coefficient (Wildman–Crippen LogP) is 2.97. The molecule has 0 aromatic heterocycles. The standard InChI is InChI=1S/C14H17ClFNO/c15-11-4-5-13(16)10(6-11)7-14(18)12-3-1-2-9(12)8-17/h4-6,9,12H,1-3,7-8,17H2. The van der Waals surface area contributed by atoms with Gasteiger partial charge in [-0.25, -0.2) is 4.39 Å². The maximum absolute atomic E-state index is 13.6. The van der Waals surface area contributed by atoms with Gasteiger partial charge >= 0.3 is 0 Å². The molecule has 1 aromatic carbocycles. The molecule has 2 nitrogen and oxygen atoms in total. The van der Waals surface area contributed by atoms with E-state index in [0.29, 0.717) is 17.1 Å². The molecule has 1 aliphatic carbocycles. The van der Waals surface area contributed by atoms with Gasteiger partial charge in [0.2, 0.25) is 0 Å². The van der Waals surface area contributed by atoms with E-state index in [1.807, 2.05) is 0 Å². The summed E-state index contributed by atoms with van der Waals surface area (Å²) >= 11 is 5.82. The van der Waals surface area contributed by atoms with Crippen LogP contribution in [0.1, 0.15) is 24.8 Å². The SMILES string of the molecule is NCC1CCCC1C(=O)Cc1cc(Cl)ccc1F. The number of halogens is 2. The Labute approximate surface area is 111 Å². The van der Waals surface area contributed by atoms with Crippen LogP contribution >= 0.6 is 11.6 Å². The summed E-state index contributed by atoms with van der Waals surface area (Å²) in [5.41, 5.74) is 6.05. The Morgan fingerprint density at radius 2 is 2.22 bits per heavy atom. The molecule has 0 heterocycles. The van der Waals surface area contributed by atoms with Crippen LogP contribution < -0.4 is 5.73 Å². The lowest BCUT2D eigenvalue weighted by Crippen LogP contribution is -2.26. The van der Waals surface area contributed by atoms with Crippen molar-refractivity contribution in [1.29, 1.82) is 0 Å². The van der Waals surface area contributed by atoms with Crippen LogP contribution in [-0.2, 0) is 11.2 Å². The number of hydrogen-bond donors (Lipinski definition) is 1. The number of carbonyl (C=O) groups is 1. The second-order valence-electron chi connectivity index (χ2n) is 4.91. The monoisotopic (exact) mass is 269 g/mol. The predicted molar refractivity (Wildman–Crippen MR) is 70.0 cm³/mol. The van der Waals surface area contributed by atoms with Gasteiger partial charge in [0.1, 0.15) is 11.6 Å². The highest BCUT2D eigenvalue weighted by atomic mass is 35.5. The van der Waals surface area contributed by atoms with Crippen LogP contribution in [0.15, 0.2) is 18.2 Å². The van der Waals surface area contributed by atoms with Gasteiger partial charge in [0.15, 0.2) is 0 Å². The lowest BCUT2D eigenvalue weighted by molar-refractivity contribution is -0.123. The molecular formula is C14H17ClFNO. The third-order valence-electron chi connectivity index (χ3n) is 3.75. The average molecular weight is 270 g/mol. The normalized spacial score (nSPS) is 23.3. The zero-order valence-corrected chi connectivity index (χ0v) is 10.9. The van der Waals surface area contributed by atoms with Crippen LogP contribution in [0.2, 0.25) is 5.02 Å². The van der Waals surface area contributed by atoms with Gasteiger partial charge in [-0.1, -0.05) is 18.0 Å². The van der Waals surface area contributed by atoms with E-state index >= 15 is 0 Å². The molecule has 0 amide bonds. The van der Waals surface area contributed by atoms with Gasteiger partial charge in [-0.15, -0.1) is 0 Å². The quantitative estimate of drug-likeness (QED) is 0.913. The molecule has 0 spiro atoms. The number of carbonyl (C=O) groups excluding carboxylic acids is 1. The van der Waals surface area contributed by atoms with E-state index in [4.69, 9.17) is 17.3 Å². The number of Topliss-reactive ketones (excluding diaryl/α,β-unsaturated/α-hetero) is 1. The van der Waals surface area contributed by atoms with Gasteiger partial charge in [0.05, 0.1) is 0 Å². The van der Waals surface area contributed by atoms with E-state index in [1.54, 1.807) is 0 Å². The highest BCUT2D eigenvalue weighted by molar-refractivity contribution is 6.30. The summed E-state index contributed by atoms with van der Waals surface area (Å²) in [4.78, 5) is 12.2. The van der Waals surface area contributed by atoms with Crippen molar-refractivity contribution in [3.63, 3.8) is 0 Å². The molecule has 18 heavy (non-hydrogen) atoms. The van der Waals surface area contributed by atoms with Crippen molar-refractivity contribution >= 4 is 17.4 Å². The molecule has 1 fully saturated rings. The third-order valence-corrected chi connectivity index (χ3v) is 3.98. The Morgan fingerprint density at radius 1 is 1.44 bits per heavy atom. The molecule has 2 unspecified atom stereocenters. The van der Waals surface area contributed by atoms with Gasteiger partial charge in [-0.3, -0.25) is 4.79 Å². The zero-order valence-electron chi connectivity index (χ0n) is 10.2. The lowest BCUT2D eigenvalue weighted by Gasteiger charge is -2.16. The van der Waals surface area contributed by atoms with Crippen LogP contribution in [-0.4, -0.2) is 12.3 Å². The summed E-state index contributed by atoms with van der Waals surface area (Å²) in [6.45, 7) is 0.536. The molecule has 0 bridgehead atoms. The number of benzene rings is 1. The van der Waals surface area contributed by atoms with Crippen molar-refractivity contribution in [2.75, 3.05) is 6.54 Å². The first-order chi connectivity index (χ1) is 8.61. The molecule has 1 saturated carbocycles. The van der Waals surface area contributed by atoms with E-state index in [2.05, 4.69) is 0 Å². The zero-order chi connectivity index (χ0) is 13.1. The van der Waals surface area contributed by atoms with E-state index in [9.17, 15) is 9.18 Å². The fourth-order valence-electron chi connectivity index (χ4n) is 2.74. The van der Waals surface area contributed by atoms with Crippen molar-refractivity contribution in [3.8, 4) is 0 Å². The van der Waals surface area contributed by atoms with E-state index < -0.39 is 0 Å². The molecule has 1 aromatic rings. The first-order valence-corrected chi connectivity index (χ1v) is 6.66. The maximum Gasteiger partial charge on any atom is 0.140 e. The largest absolute Gasteiger partial charge is 0.330 e. The smallest absolute Gasteiger partial charge is 0.140 e. The van der Waals surface area contributed by atoms with Crippen LogP contribution in [0, 0.1) is 17.7 Å². The van der Waals surface area contributed by atoms with E-state index in [1.165, 1.54) is 18.2 Å². The van der Waals surface area contributed by atoms with Crippen molar-refractivity contribution in [2.24, 2.45) is 17.6 Å². The van der Waals surface area contributed by atoms with Gasteiger partial charge < -0.3 is 5.73 Å². The third kappa shape index (κ3) is 2.90. The van der Waals surface area contributed by atoms with Crippen LogP contribution in [0.25, 0.3) is 0 Å². The minimum atomic E-state index is -0.366. The van der Waals surface area contributed by atoms with Crippen molar-refractivity contribution in [1.82, 2.24) is 0 Å². The fourth-order valence-corrected chi connectivity index (χ4v) is 2.94. The molecule has 2 atom stereocenters. The average Bonchev–Trinajstić information content (AvgIpc) is 2.82. The summed E-state index contributed by atoms with van der Waals surface area (Å²) in [7, 11) is 0. The molecular weight excluding hydrogens is 253 g/mol. The molecule has 4 heteroatoms. The summed E-state index contributed by atoms with van der Waals surface area (Å²) in [6, 6.07) is 4.32.